The molecule has 7 rings (SSSR count). The maximum Gasteiger partial charge on any atom is 0.0657 e. The number of halogens is 3. The second kappa shape index (κ2) is 3.92. The number of hydrogen-bond acceptors (Lipinski definition) is 0. The summed E-state index contributed by atoms with van der Waals surface area (Å²) in [6, 6.07) is 14.0. The lowest BCUT2D eigenvalue weighted by molar-refractivity contribution is 1.23. The molecule has 0 radical (unpaired) electrons. The van der Waals surface area contributed by atoms with Crippen molar-refractivity contribution in [2.75, 3.05) is 0 Å². The average Bonchev–Trinajstić information content (AvgIpc) is 3.17. The molecule has 0 saturated carbocycles. The first-order valence-electron chi connectivity index (χ1n) is 8.12. The lowest BCUT2D eigenvalue weighted by atomic mass is 9.95. The van der Waals surface area contributed by atoms with Gasteiger partial charge in [-0.05, 0) is 65.7 Å². The minimum Gasteiger partial charge on any atom is -0.0786 e. The van der Waals surface area contributed by atoms with E-state index in [4.69, 9.17) is 0 Å². The van der Waals surface area contributed by atoms with Gasteiger partial charge in [0.1, 0.15) is 0 Å². The van der Waals surface area contributed by atoms with E-state index in [1.54, 1.807) is 0 Å². The Morgan fingerprint density at radius 1 is 0.375 bits per heavy atom. The van der Waals surface area contributed by atoms with Gasteiger partial charge >= 0.3 is 0 Å². The quantitative estimate of drug-likeness (QED) is 0.173. The van der Waals surface area contributed by atoms with E-state index >= 15 is 0 Å². The summed E-state index contributed by atoms with van der Waals surface area (Å²) in [4.78, 5) is 0.925. The van der Waals surface area contributed by atoms with Crippen molar-refractivity contribution in [1.82, 2.24) is 0 Å². The molecule has 0 saturated heterocycles. The van der Waals surface area contributed by atoms with Crippen LogP contribution < -0.4 is 0 Å². The van der Waals surface area contributed by atoms with Gasteiger partial charge in [-0.25, -0.2) is 0 Å². The van der Waals surface area contributed by atoms with Crippen molar-refractivity contribution >= 4 is 80.1 Å². The molecule has 0 nitrogen and oxygen atoms in total. The fourth-order valence-corrected chi connectivity index (χ4v) is 7.58. The molecule has 0 aliphatic heterocycles. The molecule has 0 amide bonds. The molecule has 114 valence electrons. The normalized spacial score (nSPS) is 24.9. The number of benzene rings is 4. The van der Waals surface area contributed by atoms with Crippen molar-refractivity contribution in [1.29, 1.82) is 0 Å². The Hall–Kier alpha value is -0.900. The van der Waals surface area contributed by atoms with Crippen LogP contribution in [0.1, 0.15) is 47.9 Å². The van der Waals surface area contributed by atoms with Crippen LogP contribution in [-0.2, 0) is 0 Å². The number of hydrogen-bond donors (Lipinski definition) is 0. The Kier molecular flexibility index (Phi) is 2.18. The van der Waals surface area contributed by atoms with Gasteiger partial charge in [0.2, 0.25) is 0 Å². The highest BCUT2D eigenvalue weighted by Crippen LogP contribution is 2.61. The highest BCUT2D eigenvalue weighted by atomic mass is 79.9. The highest BCUT2D eigenvalue weighted by molar-refractivity contribution is 9.09. The Labute approximate surface area is 163 Å². The van der Waals surface area contributed by atoms with Crippen LogP contribution in [0.25, 0.3) is 32.3 Å². The molecule has 0 bridgehead atoms. The topological polar surface area (TPSA) is 0 Å². The van der Waals surface area contributed by atoms with Crippen LogP contribution in [0.15, 0.2) is 36.4 Å². The molecule has 4 aromatic carbocycles. The molecule has 24 heavy (non-hydrogen) atoms. The molecule has 0 unspecified atom stereocenters. The molecule has 3 aliphatic carbocycles. The molecule has 0 spiro atoms. The molecule has 3 heteroatoms. The van der Waals surface area contributed by atoms with Crippen molar-refractivity contribution in [2.45, 2.75) is 14.5 Å². The van der Waals surface area contributed by atoms with Gasteiger partial charge in [0.15, 0.2) is 0 Å². The Balaban J connectivity index is 1.98. The summed E-state index contributed by atoms with van der Waals surface area (Å²) < 4.78 is 0. The summed E-state index contributed by atoms with van der Waals surface area (Å²) in [7, 11) is 0. The zero-order valence-electron chi connectivity index (χ0n) is 12.3. The minimum absolute atomic E-state index is 0.308. The fourth-order valence-electron chi connectivity index (χ4n) is 5.29. The van der Waals surface area contributed by atoms with E-state index in [1.165, 1.54) is 65.7 Å². The van der Waals surface area contributed by atoms with Crippen LogP contribution in [0, 0.1) is 0 Å². The molecular formula is C21H9Br3. The van der Waals surface area contributed by atoms with Crippen molar-refractivity contribution in [3.63, 3.8) is 0 Å². The lowest BCUT2D eigenvalue weighted by Gasteiger charge is -2.08. The van der Waals surface area contributed by atoms with E-state index in [9.17, 15) is 0 Å². The van der Waals surface area contributed by atoms with E-state index in [1.807, 2.05) is 0 Å². The highest BCUT2D eigenvalue weighted by Gasteiger charge is 2.38. The third-order valence-corrected chi connectivity index (χ3v) is 9.16. The summed E-state index contributed by atoms with van der Waals surface area (Å²) in [6.45, 7) is 0. The molecule has 3 aliphatic rings. The first-order valence-corrected chi connectivity index (χ1v) is 10.9. The molecular weight excluding hydrogens is 492 g/mol. The van der Waals surface area contributed by atoms with Crippen molar-refractivity contribution < 1.29 is 0 Å². The van der Waals surface area contributed by atoms with Crippen molar-refractivity contribution in [3.05, 3.63) is 69.8 Å². The van der Waals surface area contributed by atoms with Gasteiger partial charge in [0, 0.05) is 0 Å². The van der Waals surface area contributed by atoms with Crippen LogP contribution in [0.2, 0.25) is 0 Å². The van der Waals surface area contributed by atoms with Crippen LogP contribution in [0.3, 0.4) is 0 Å². The van der Waals surface area contributed by atoms with Gasteiger partial charge < -0.3 is 0 Å². The van der Waals surface area contributed by atoms with E-state index in [-0.39, 0.29) is 0 Å². The summed E-state index contributed by atoms with van der Waals surface area (Å²) in [5, 5.41) is 8.89. The molecule has 0 atom stereocenters. The maximum atomic E-state index is 3.97. The summed E-state index contributed by atoms with van der Waals surface area (Å²) in [6.07, 6.45) is 0. The van der Waals surface area contributed by atoms with E-state index < -0.39 is 0 Å². The van der Waals surface area contributed by atoms with Gasteiger partial charge in [-0.1, -0.05) is 84.2 Å². The van der Waals surface area contributed by atoms with Crippen LogP contribution >= 0.6 is 47.8 Å². The monoisotopic (exact) mass is 498 g/mol. The van der Waals surface area contributed by atoms with E-state index in [2.05, 4.69) is 84.2 Å². The van der Waals surface area contributed by atoms with E-state index in [0.717, 1.165) is 0 Å². The third-order valence-electron chi connectivity index (χ3n) is 6.20. The molecule has 0 heterocycles. The van der Waals surface area contributed by atoms with Crippen LogP contribution in [0.5, 0.6) is 0 Å². The van der Waals surface area contributed by atoms with Gasteiger partial charge in [-0.2, -0.15) is 0 Å². The summed E-state index contributed by atoms with van der Waals surface area (Å²) >= 11 is 11.9. The van der Waals surface area contributed by atoms with Gasteiger partial charge in [-0.3, -0.25) is 0 Å². The summed E-state index contributed by atoms with van der Waals surface area (Å²) in [5.74, 6) is 0. The Bertz CT molecular complexity index is 1010. The molecule has 0 N–H and O–H groups in total. The lowest BCUT2D eigenvalue weighted by Crippen LogP contribution is -1.89. The minimum atomic E-state index is 0.308. The summed E-state index contributed by atoms with van der Waals surface area (Å²) in [5.41, 5.74) is 8.58. The third kappa shape index (κ3) is 1.15. The average molecular weight is 501 g/mol. The number of alkyl halides is 3. The maximum absolute atomic E-state index is 3.97. The SMILES string of the molecule is BrC1c2ccc3c4c2c2c1ccc1c2c2c(ccc(c42)C3Br)C1Br. The zero-order valence-corrected chi connectivity index (χ0v) is 17.1. The first kappa shape index (κ1) is 13.3. The Morgan fingerprint density at radius 3 is 0.708 bits per heavy atom. The van der Waals surface area contributed by atoms with E-state index in [0.29, 0.717) is 14.5 Å². The molecule has 4 aromatic rings. The van der Waals surface area contributed by atoms with Crippen molar-refractivity contribution in [2.24, 2.45) is 0 Å². The van der Waals surface area contributed by atoms with Gasteiger partial charge in [-0.15, -0.1) is 0 Å². The smallest absolute Gasteiger partial charge is 0.0657 e. The van der Waals surface area contributed by atoms with Crippen molar-refractivity contribution in [3.8, 4) is 0 Å². The van der Waals surface area contributed by atoms with Crippen LogP contribution in [0.4, 0.5) is 0 Å². The standard InChI is InChI=1S/C21H9Br3/c22-19-7-1-2-8-14-13(7)15-9(19)3-4-11-17(15)18-12(21(11)24)6-5-10(16(14)18)20(8)23/h1-6,19-21H. The predicted octanol–water partition coefficient (Wildman–Crippen LogP) is 7.54. The second-order valence-corrected chi connectivity index (χ2v) is 9.82. The predicted molar refractivity (Wildman–Crippen MR) is 111 cm³/mol. The number of rotatable bonds is 0. The first-order chi connectivity index (χ1) is 11.7. The molecule has 0 fully saturated rings. The fraction of sp³-hybridized carbons (Fsp3) is 0.143. The Morgan fingerprint density at radius 2 is 0.542 bits per heavy atom. The largest absolute Gasteiger partial charge is 0.0786 e. The van der Waals surface area contributed by atoms with Gasteiger partial charge in [0.25, 0.3) is 0 Å². The zero-order chi connectivity index (χ0) is 15.9. The molecule has 0 aromatic heterocycles. The van der Waals surface area contributed by atoms with Gasteiger partial charge in [0.05, 0.1) is 14.5 Å². The second-order valence-electron chi connectivity index (χ2n) is 7.07. The van der Waals surface area contributed by atoms with Crippen LogP contribution in [-0.4, -0.2) is 0 Å².